The molecule has 0 spiro atoms. The molecule has 10 heteroatoms. The van der Waals surface area contributed by atoms with Gasteiger partial charge in [-0.25, -0.2) is 13.2 Å². The molecule has 0 saturated carbocycles. The lowest BCUT2D eigenvalue weighted by atomic mass is 10.1. The molecule has 1 heterocycles. The van der Waals surface area contributed by atoms with Crippen molar-refractivity contribution in [3.05, 3.63) is 65.2 Å². The van der Waals surface area contributed by atoms with Crippen molar-refractivity contribution in [1.29, 1.82) is 0 Å². The van der Waals surface area contributed by atoms with E-state index in [0.29, 0.717) is 0 Å². The maximum atomic E-state index is 12.8. The average Bonchev–Trinajstić information content (AvgIpc) is 2.87. The van der Waals surface area contributed by atoms with Crippen LogP contribution in [0.25, 0.3) is 0 Å². The summed E-state index contributed by atoms with van der Waals surface area (Å²) in [5, 5.41) is 0.261. The smallest absolute Gasteiger partial charge is 0.329 e. The van der Waals surface area contributed by atoms with E-state index in [1.165, 1.54) is 42.5 Å². The van der Waals surface area contributed by atoms with E-state index in [4.69, 9.17) is 4.84 Å². The third-order valence-corrected chi connectivity index (χ3v) is 5.28. The molecule has 0 aromatic heterocycles. The normalized spacial score (nSPS) is 13.8. The van der Waals surface area contributed by atoms with E-state index in [1.54, 1.807) is 0 Å². The highest BCUT2D eigenvalue weighted by atomic mass is 32.2. The Morgan fingerprint density at radius 1 is 0.963 bits per heavy atom. The third-order valence-electron chi connectivity index (χ3n) is 3.80. The van der Waals surface area contributed by atoms with Crippen molar-refractivity contribution >= 4 is 27.6 Å². The number of hydrogen-bond donors (Lipinski definition) is 0. The van der Waals surface area contributed by atoms with Gasteiger partial charge in [0.15, 0.2) is 0 Å². The molecule has 0 radical (unpaired) electrons. The number of rotatable bonds is 5. The monoisotopic (exact) mass is 395 g/mol. The molecular formula is C17H11F2NO6S. The van der Waals surface area contributed by atoms with Crippen LogP contribution < -0.4 is 0 Å². The van der Waals surface area contributed by atoms with Crippen LogP contribution in [0.3, 0.4) is 0 Å². The van der Waals surface area contributed by atoms with Crippen molar-refractivity contribution in [1.82, 2.24) is 5.06 Å². The minimum Gasteiger partial charge on any atom is -0.329 e. The molecule has 140 valence electrons. The Morgan fingerprint density at radius 3 is 2.04 bits per heavy atom. The second-order valence-corrected chi connectivity index (χ2v) is 7.39. The minimum atomic E-state index is -4.93. The second kappa shape index (κ2) is 6.88. The van der Waals surface area contributed by atoms with Gasteiger partial charge in [-0.3, -0.25) is 9.59 Å². The summed E-state index contributed by atoms with van der Waals surface area (Å²) in [6.07, 6.45) is -0.727. The summed E-state index contributed by atoms with van der Waals surface area (Å²) in [5.41, 5.74) is -0.133. The first-order chi connectivity index (χ1) is 12.7. The standard InChI is InChI=1S/C17H11F2NO6S/c18-17(19)27(24,25)13-8-4-1-5-10(13)9-14(21)26-20-15(22)11-6-2-3-7-12(11)16(20)23/h1-8,17H,9H2. The first-order valence-electron chi connectivity index (χ1n) is 7.52. The highest BCUT2D eigenvalue weighted by Crippen LogP contribution is 2.25. The van der Waals surface area contributed by atoms with Crippen LogP contribution in [0.15, 0.2) is 53.4 Å². The molecular weight excluding hydrogens is 384 g/mol. The summed E-state index contributed by atoms with van der Waals surface area (Å²) < 4.78 is 49.0. The lowest BCUT2D eigenvalue weighted by Crippen LogP contribution is -2.33. The Bertz CT molecular complexity index is 1020. The predicted molar refractivity (Wildman–Crippen MR) is 86.4 cm³/mol. The summed E-state index contributed by atoms with van der Waals surface area (Å²) in [6.45, 7) is 0. The summed E-state index contributed by atoms with van der Waals surface area (Å²) in [6, 6.07) is 10.5. The van der Waals surface area contributed by atoms with E-state index in [-0.39, 0.29) is 21.8 Å². The predicted octanol–water partition coefficient (Wildman–Crippen LogP) is 1.98. The van der Waals surface area contributed by atoms with Gasteiger partial charge in [0, 0.05) is 0 Å². The number of hydrogen-bond acceptors (Lipinski definition) is 6. The number of alkyl halides is 2. The number of halogens is 2. The van der Waals surface area contributed by atoms with Gasteiger partial charge in [0.2, 0.25) is 9.84 Å². The van der Waals surface area contributed by atoms with Crippen LogP contribution >= 0.6 is 0 Å². The van der Waals surface area contributed by atoms with Gasteiger partial charge in [0.1, 0.15) is 0 Å². The van der Waals surface area contributed by atoms with Crippen molar-refractivity contribution < 1.29 is 36.4 Å². The molecule has 0 bridgehead atoms. The summed E-state index contributed by atoms with van der Waals surface area (Å²) in [5.74, 6) is -6.51. The van der Waals surface area contributed by atoms with Crippen molar-refractivity contribution in [2.24, 2.45) is 0 Å². The van der Waals surface area contributed by atoms with Gasteiger partial charge >= 0.3 is 11.7 Å². The molecule has 0 atom stereocenters. The number of sulfone groups is 1. The van der Waals surface area contributed by atoms with Crippen molar-refractivity contribution in [2.45, 2.75) is 17.1 Å². The third kappa shape index (κ3) is 3.31. The number of fused-ring (bicyclic) bond motifs is 1. The van der Waals surface area contributed by atoms with Gasteiger partial charge in [0.05, 0.1) is 22.4 Å². The van der Waals surface area contributed by atoms with E-state index < -0.39 is 44.7 Å². The molecule has 2 amide bonds. The molecule has 0 fully saturated rings. The molecule has 7 nitrogen and oxygen atoms in total. The number of hydroxylamine groups is 2. The van der Waals surface area contributed by atoms with Crippen molar-refractivity contribution in [2.75, 3.05) is 0 Å². The van der Waals surface area contributed by atoms with E-state index >= 15 is 0 Å². The Kier molecular flexibility index (Phi) is 4.75. The van der Waals surface area contributed by atoms with Crippen LogP contribution in [0.2, 0.25) is 0 Å². The number of benzene rings is 2. The van der Waals surface area contributed by atoms with E-state index in [0.717, 1.165) is 6.07 Å². The number of nitrogens with zero attached hydrogens (tertiary/aromatic N) is 1. The fraction of sp³-hybridized carbons (Fsp3) is 0.118. The highest BCUT2D eigenvalue weighted by Gasteiger charge is 2.39. The number of carbonyl (C=O) groups is 3. The quantitative estimate of drug-likeness (QED) is 0.718. The van der Waals surface area contributed by atoms with Crippen LogP contribution in [-0.2, 0) is 25.9 Å². The lowest BCUT2D eigenvalue weighted by molar-refractivity contribution is -0.167. The maximum Gasteiger partial charge on any atom is 0.341 e. The Balaban J connectivity index is 1.81. The van der Waals surface area contributed by atoms with Crippen molar-refractivity contribution in [3.8, 4) is 0 Å². The van der Waals surface area contributed by atoms with Gasteiger partial charge in [0.25, 0.3) is 11.8 Å². The SMILES string of the molecule is O=C(Cc1ccccc1S(=O)(=O)C(F)F)ON1C(=O)c2ccccc2C1=O. The Morgan fingerprint density at radius 2 is 1.48 bits per heavy atom. The van der Waals surface area contributed by atoms with Crippen molar-refractivity contribution in [3.63, 3.8) is 0 Å². The summed E-state index contributed by atoms with van der Waals surface area (Å²) in [4.78, 5) is 40.4. The first kappa shape index (κ1) is 18.6. The number of carbonyl (C=O) groups excluding carboxylic acids is 3. The maximum absolute atomic E-state index is 12.8. The lowest BCUT2D eigenvalue weighted by Gasteiger charge is -2.14. The largest absolute Gasteiger partial charge is 0.341 e. The molecule has 0 aliphatic carbocycles. The fourth-order valence-corrected chi connectivity index (χ4v) is 3.53. The van der Waals surface area contributed by atoms with Gasteiger partial charge in [-0.2, -0.15) is 8.78 Å². The number of amides is 2. The molecule has 1 aliphatic heterocycles. The zero-order valence-electron chi connectivity index (χ0n) is 13.5. The van der Waals surface area contributed by atoms with Gasteiger partial charge in [-0.05, 0) is 23.8 Å². The van der Waals surface area contributed by atoms with Gasteiger partial charge in [-0.1, -0.05) is 35.4 Å². The van der Waals surface area contributed by atoms with Gasteiger partial charge in [-0.15, -0.1) is 0 Å². The summed E-state index contributed by atoms with van der Waals surface area (Å²) in [7, 11) is -4.93. The molecule has 27 heavy (non-hydrogen) atoms. The zero-order chi connectivity index (χ0) is 19.8. The van der Waals surface area contributed by atoms with Crippen LogP contribution in [-0.4, -0.2) is 37.0 Å². The molecule has 0 N–H and O–H groups in total. The highest BCUT2D eigenvalue weighted by molar-refractivity contribution is 7.91. The first-order valence-corrected chi connectivity index (χ1v) is 9.06. The van der Waals surface area contributed by atoms with E-state index in [2.05, 4.69) is 0 Å². The molecule has 3 rings (SSSR count). The molecule has 2 aromatic rings. The van der Waals surface area contributed by atoms with E-state index in [9.17, 15) is 31.6 Å². The molecule has 0 unspecified atom stereocenters. The number of imide groups is 1. The van der Waals surface area contributed by atoms with Crippen LogP contribution in [0.5, 0.6) is 0 Å². The molecule has 2 aromatic carbocycles. The van der Waals surface area contributed by atoms with E-state index in [1.807, 2.05) is 0 Å². The Hall–Kier alpha value is -3.14. The fourth-order valence-electron chi connectivity index (χ4n) is 2.56. The van der Waals surface area contributed by atoms with Gasteiger partial charge < -0.3 is 4.84 Å². The van der Waals surface area contributed by atoms with Crippen LogP contribution in [0, 0.1) is 0 Å². The minimum absolute atomic E-state index is 0.0518. The molecule has 0 saturated heterocycles. The average molecular weight is 395 g/mol. The van der Waals surface area contributed by atoms with Crippen LogP contribution in [0.1, 0.15) is 26.3 Å². The second-order valence-electron chi connectivity index (χ2n) is 5.50. The van der Waals surface area contributed by atoms with Crippen LogP contribution in [0.4, 0.5) is 8.78 Å². The summed E-state index contributed by atoms with van der Waals surface area (Å²) >= 11 is 0. The topological polar surface area (TPSA) is 97.8 Å². The Labute approximate surface area is 152 Å². The molecule has 1 aliphatic rings. The zero-order valence-corrected chi connectivity index (χ0v) is 14.3.